The molecule has 0 aliphatic carbocycles. The number of fused-ring (bicyclic) bond motifs is 1. The Labute approximate surface area is 167 Å². The maximum Gasteiger partial charge on any atom is 0.281 e. The van der Waals surface area contributed by atoms with Gasteiger partial charge < -0.3 is 14.6 Å². The standard InChI is InChI=1S/C20H24N6O3/c1-13-5-7-16(8-6-13)29-12-17(27)25-9-3-4-15(10-25)11-26-19-18(23-24-26)20(28)22-14(2)21-19/h5-8,15H,3-4,9-12H2,1-2H3,(H,21,22,28)/t15-/m1/s1. The number of aryl methyl sites for hydroxylation is 2. The fraction of sp³-hybridized carbons (Fsp3) is 0.450. The Morgan fingerprint density at radius 3 is 2.86 bits per heavy atom. The summed E-state index contributed by atoms with van der Waals surface area (Å²) in [5.41, 5.74) is 1.59. The van der Waals surface area contributed by atoms with Crippen LogP contribution in [0.25, 0.3) is 11.2 Å². The van der Waals surface area contributed by atoms with E-state index in [1.807, 2.05) is 36.1 Å². The Morgan fingerprint density at radius 2 is 2.07 bits per heavy atom. The van der Waals surface area contributed by atoms with Crippen LogP contribution in [-0.4, -0.2) is 55.5 Å². The molecule has 2 aromatic heterocycles. The highest BCUT2D eigenvalue weighted by Crippen LogP contribution is 2.20. The molecule has 1 amide bonds. The normalized spacial score (nSPS) is 16.9. The summed E-state index contributed by atoms with van der Waals surface area (Å²) >= 11 is 0. The van der Waals surface area contributed by atoms with Crippen molar-refractivity contribution in [3.63, 3.8) is 0 Å². The number of benzene rings is 1. The first-order chi connectivity index (χ1) is 14.0. The van der Waals surface area contributed by atoms with E-state index in [-0.39, 0.29) is 29.5 Å². The van der Waals surface area contributed by atoms with E-state index >= 15 is 0 Å². The molecule has 1 N–H and O–H groups in total. The molecule has 29 heavy (non-hydrogen) atoms. The molecule has 4 rings (SSSR count). The Balaban J connectivity index is 1.39. The van der Waals surface area contributed by atoms with Crippen molar-refractivity contribution in [2.45, 2.75) is 33.2 Å². The van der Waals surface area contributed by atoms with Crippen LogP contribution < -0.4 is 10.3 Å². The Kier molecular flexibility index (Phi) is 5.28. The van der Waals surface area contributed by atoms with Gasteiger partial charge in [0, 0.05) is 19.6 Å². The summed E-state index contributed by atoms with van der Waals surface area (Å²) in [5.74, 6) is 1.42. The zero-order valence-corrected chi connectivity index (χ0v) is 16.6. The average molecular weight is 396 g/mol. The summed E-state index contributed by atoms with van der Waals surface area (Å²) in [6.45, 7) is 5.68. The van der Waals surface area contributed by atoms with Crippen molar-refractivity contribution in [3.8, 4) is 5.75 Å². The summed E-state index contributed by atoms with van der Waals surface area (Å²) in [7, 11) is 0. The van der Waals surface area contributed by atoms with Crippen molar-refractivity contribution in [2.75, 3.05) is 19.7 Å². The number of carbonyl (C=O) groups excluding carboxylic acids is 1. The monoisotopic (exact) mass is 396 g/mol. The molecule has 1 saturated heterocycles. The second-order valence-electron chi connectivity index (χ2n) is 7.54. The number of H-pyrrole nitrogens is 1. The van der Waals surface area contributed by atoms with E-state index in [0.717, 1.165) is 24.9 Å². The topological polar surface area (TPSA) is 106 Å². The average Bonchev–Trinajstić information content (AvgIpc) is 3.10. The van der Waals surface area contributed by atoms with Crippen molar-refractivity contribution in [3.05, 3.63) is 46.0 Å². The molecule has 1 atom stereocenters. The number of likely N-dealkylation sites (tertiary alicyclic amines) is 1. The zero-order valence-electron chi connectivity index (χ0n) is 16.6. The number of ether oxygens (including phenoxy) is 1. The number of carbonyl (C=O) groups is 1. The highest BCUT2D eigenvalue weighted by Gasteiger charge is 2.25. The molecule has 1 aromatic carbocycles. The second-order valence-corrected chi connectivity index (χ2v) is 7.54. The molecule has 152 valence electrons. The molecule has 0 unspecified atom stereocenters. The molecule has 1 aliphatic rings. The van der Waals surface area contributed by atoms with Gasteiger partial charge in [-0.1, -0.05) is 22.9 Å². The third kappa shape index (κ3) is 4.28. The van der Waals surface area contributed by atoms with E-state index in [9.17, 15) is 9.59 Å². The first-order valence-electron chi connectivity index (χ1n) is 9.77. The van der Waals surface area contributed by atoms with Gasteiger partial charge in [-0.15, -0.1) is 5.10 Å². The lowest BCUT2D eigenvalue weighted by molar-refractivity contribution is -0.135. The van der Waals surface area contributed by atoms with Gasteiger partial charge in [-0.2, -0.15) is 0 Å². The number of nitrogens with one attached hydrogen (secondary N) is 1. The fourth-order valence-electron chi connectivity index (χ4n) is 3.65. The molecule has 0 saturated carbocycles. The van der Waals surface area contributed by atoms with E-state index in [1.54, 1.807) is 11.6 Å². The molecule has 1 aliphatic heterocycles. The number of aromatic nitrogens is 5. The van der Waals surface area contributed by atoms with Gasteiger partial charge in [0.25, 0.3) is 11.5 Å². The molecule has 9 heteroatoms. The van der Waals surface area contributed by atoms with Crippen LogP contribution in [-0.2, 0) is 11.3 Å². The zero-order chi connectivity index (χ0) is 20.4. The van der Waals surface area contributed by atoms with Crippen molar-refractivity contribution >= 4 is 17.1 Å². The number of amides is 1. The minimum atomic E-state index is -0.285. The van der Waals surface area contributed by atoms with Gasteiger partial charge in [0.1, 0.15) is 11.6 Å². The minimum absolute atomic E-state index is 0.0239. The van der Waals surface area contributed by atoms with Crippen LogP contribution in [0, 0.1) is 19.8 Å². The number of nitrogens with zero attached hydrogens (tertiary/aromatic N) is 5. The van der Waals surface area contributed by atoms with Gasteiger partial charge >= 0.3 is 0 Å². The van der Waals surface area contributed by atoms with Crippen LogP contribution in [0.5, 0.6) is 5.75 Å². The van der Waals surface area contributed by atoms with E-state index in [0.29, 0.717) is 30.3 Å². The third-order valence-electron chi connectivity index (χ3n) is 5.18. The molecular formula is C20H24N6O3. The lowest BCUT2D eigenvalue weighted by Gasteiger charge is -2.32. The lowest BCUT2D eigenvalue weighted by Crippen LogP contribution is -2.43. The third-order valence-corrected chi connectivity index (χ3v) is 5.18. The number of hydrogen-bond donors (Lipinski definition) is 1. The minimum Gasteiger partial charge on any atom is -0.484 e. The molecular weight excluding hydrogens is 372 g/mol. The number of piperidine rings is 1. The van der Waals surface area contributed by atoms with E-state index in [4.69, 9.17) is 4.74 Å². The van der Waals surface area contributed by atoms with Crippen LogP contribution in [0.15, 0.2) is 29.1 Å². The van der Waals surface area contributed by atoms with E-state index < -0.39 is 0 Å². The van der Waals surface area contributed by atoms with Crippen LogP contribution in [0.1, 0.15) is 24.2 Å². The Hall–Kier alpha value is -3.23. The predicted molar refractivity (Wildman–Crippen MR) is 107 cm³/mol. The van der Waals surface area contributed by atoms with Crippen LogP contribution >= 0.6 is 0 Å². The van der Waals surface area contributed by atoms with Gasteiger partial charge in [-0.05, 0) is 44.7 Å². The summed E-state index contributed by atoms with van der Waals surface area (Å²) in [4.78, 5) is 33.4. The molecule has 3 aromatic rings. The van der Waals surface area contributed by atoms with Gasteiger partial charge in [-0.25, -0.2) is 9.67 Å². The Bertz CT molecular complexity index is 1070. The van der Waals surface area contributed by atoms with Gasteiger partial charge in [0.15, 0.2) is 17.8 Å². The second kappa shape index (κ2) is 8.02. The number of aromatic amines is 1. The quantitative estimate of drug-likeness (QED) is 0.700. The first kappa shape index (κ1) is 19.1. The predicted octanol–water partition coefficient (Wildman–Crippen LogP) is 1.45. The maximum atomic E-state index is 12.6. The summed E-state index contributed by atoms with van der Waals surface area (Å²) in [6, 6.07) is 7.66. The molecule has 0 spiro atoms. The lowest BCUT2D eigenvalue weighted by atomic mass is 9.98. The van der Waals surface area contributed by atoms with Crippen LogP contribution in [0.3, 0.4) is 0 Å². The van der Waals surface area contributed by atoms with Crippen molar-refractivity contribution in [2.24, 2.45) is 5.92 Å². The van der Waals surface area contributed by atoms with Gasteiger partial charge in [-0.3, -0.25) is 9.59 Å². The Morgan fingerprint density at radius 1 is 1.28 bits per heavy atom. The van der Waals surface area contributed by atoms with Crippen LogP contribution in [0.4, 0.5) is 0 Å². The summed E-state index contributed by atoms with van der Waals surface area (Å²) < 4.78 is 7.30. The van der Waals surface area contributed by atoms with Crippen molar-refractivity contribution < 1.29 is 9.53 Å². The molecule has 3 heterocycles. The first-order valence-corrected chi connectivity index (χ1v) is 9.77. The number of rotatable bonds is 5. The summed E-state index contributed by atoms with van der Waals surface area (Å²) in [6.07, 6.45) is 1.90. The van der Waals surface area contributed by atoms with Gasteiger partial charge in [0.2, 0.25) is 0 Å². The van der Waals surface area contributed by atoms with Crippen molar-refractivity contribution in [1.82, 2.24) is 29.9 Å². The smallest absolute Gasteiger partial charge is 0.281 e. The van der Waals surface area contributed by atoms with E-state index in [2.05, 4.69) is 20.3 Å². The van der Waals surface area contributed by atoms with Crippen LogP contribution in [0.2, 0.25) is 0 Å². The molecule has 0 bridgehead atoms. The highest BCUT2D eigenvalue weighted by molar-refractivity contribution is 5.77. The summed E-state index contributed by atoms with van der Waals surface area (Å²) in [5, 5.41) is 8.05. The largest absolute Gasteiger partial charge is 0.484 e. The van der Waals surface area contributed by atoms with E-state index in [1.165, 1.54) is 0 Å². The highest BCUT2D eigenvalue weighted by atomic mass is 16.5. The number of hydrogen-bond acceptors (Lipinski definition) is 6. The molecule has 0 radical (unpaired) electrons. The van der Waals surface area contributed by atoms with Crippen molar-refractivity contribution in [1.29, 1.82) is 0 Å². The van der Waals surface area contributed by atoms with Gasteiger partial charge in [0.05, 0.1) is 0 Å². The maximum absolute atomic E-state index is 12.6. The SMILES string of the molecule is Cc1ccc(OCC(=O)N2CCC[C@@H](Cn3nnc4c(=O)[nH]c(C)nc43)C2)cc1. The fourth-order valence-corrected chi connectivity index (χ4v) is 3.65. The molecule has 9 nitrogen and oxygen atoms in total. The molecule has 1 fully saturated rings.